The molecule has 1 fully saturated rings. The van der Waals surface area contributed by atoms with Gasteiger partial charge < -0.3 is 21.2 Å². The molecule has 1 heterocycles. The van der Waals surface area contributed by atoms with Crippen LogP contribution in [0.4, 0.5) is 0 Å². The smallest absolute Gasteiger partial charge is 0.349 e. The fraction of sp³-hybridized carbons (Fsp3) is 0.800. The minimum atomic E-state index is -2.37. The third-order valence-electron chi connectivity index (χ3n) is 5.54. The summed E-state index contributed by atoms with van der Waals surface area (Å²) in [4.78, 5) is 12.4. The quantitative estimate of drug-likeness (QED) is 0.363. The summed E-state index contributed by atoms with van der Waals surface area (Å²) in [6.07, 6.45) is 0. The van der Waals surface area contributed by atoms with E-state index < -0.39 is 50.5 Å². The maximum Gasteiger partial charge on any atom is 0.349 e. The van der Waals surface area contributed by atoms with E-state index in [-0.39, 0.29) is 16.7 Å². The first-order valence-corrected chi connectivity index (χ1v) is 13.6. The second-order valence-electron chi connectivity index (χ2n) is 8.51. The van der Waals surface area contributed by atoms with Crippen molar-refractivity contribution in [2.24, 2.45) is 16.7 Å². The minimum Gasteiger partial charge on any atom is -0.454 e. The lowest BCUT2D eigenvalue weighted by Gasteiger charge is -2.52. The molecule has 0 amide bonds. The summed E-state index contributed by atoms with van der Waals surface area (Å²) < 4.78 is 29.3. The van der Waals surface area contributed by atoms with Gasteiger partial charge in [0.15, 0.2) is 5.22 Å². The normalized spacial score (nSPS) is 26.6. The van der Waals surface area contributed by atoms with E-state index in [0.29, 0.717) is 5.57 Å². The van der Waals surface area contributed by atoms with Gasteiger partial charge in [-0.2, -0.15) is 0 Å². The number of carbonyl (C=O) groups excluding carboxylic acids is 1. The molecule has 2 unspecified atom stereocenters. The van der Waals surface area contributed by atoms with Gasteiger partial charge in [-0.1, -0.05) is 48.1 Å². The van der Waals surface area contributed by atoms with Crippen LogP contribution < -0.4 is 0 Å². The average Bonchev–Trinajstić information content (AvgIpc) is 2.44. The van der Waals surface area contributed by atoms with Gasteiger partial charge in [-0.15, -0.1) is 0 Å². The molecule has 2 atom stereocenters. The summed E-state index contributed by atoms with van der Waals surface area (Å²) in [5.41, 5.74) is 0.0392. The van der Waals surface area contributed by atoms with Crippen LogP contribution >= 0.6 is 0 Å². The second-order valence-corrected chi connectivity index (χ2v) is 16.9. The van der Waals surface area contributed by atoms with Crippen molar-refractivity contribution in [2.45, 2.75) is 60.6 Å². The van der Waals surface area contributed by atoms with Crippen molar-refractivity contribution < 1.29 is 26.0 Å². The van der Waals surface area contributed by atoms with E-state index in [1.165, 1.54) is 0 Å². The van der Waals surface area contributed by atoms with Gasteiger partial charge in [-0.25, -0.2) is 4.79 Å². The Morgan fingerprint density at radius 2 is 1.52 bits per heavy atom. The molecule has 1 aliphatic rings. The fourth-order valence-electron chi connectivity index (χ4n) is 2.99. The predicted molar refractivity (Wildman–Crippen MR) is 109 cm³/mol. The van der Waals surface area contributed by atoms with Crippen LogP contribution in [0.15, 0.2) is 12.2 Å². The molecule has 10 heteroatoms. The van der Waals surface area contributed by atoms with E-state index in [1.54, 1.807) is 6.92 Å². The summed E-state index contributed by atoms with van der Waals surface area (Å²) in [5, 5.41) is -0.860. The highest BCUT2D eigenvalue weighted by Crippen LogP contribution is 2.49. The molecule has 0 aromatic rings. The van der Waals surface area contributed by atoms with Crippen LogP contribution in [0.5, 0.6) is 0 Å². The Balaban J connectivity index is 3.29. The van der Waals surface area contributed by atoms with E-state index in [1.807, 2.05) is 6.92 Å². The molecule has 0 aliphatic carbocycles. The van der Waals surface area contributed by atoms with Crippen LogP contribution in [0, 0.1) is 16.7 Å². The molecule has 0 aromatic carbocycles. The molecule has 0 saturated carbocycles. The van der Waals surface area contributed by atoms with Gasteiger partial charge in [0.2, 0.25) is 0 Å². The molecule has 1 saturated heterocycles. The maximum atomic E-state index is 12.4. The van der Waals surface area contributed by atoms with Crippen molar-refractivity contribution in [1.29, 1.82) is 0 Å². The van der Waals surface area contributed by atoms with Gasteiger partial charge >= 0.3 is 15.3 Å². The molecule has 0 aromatic heterocycles. The van der Waals surface area contributed by atoms with Gasteiger partial charge in [0.1, 0.15) is 0 Å². The lowest BCUT2D eigenvalue weighted by Crippen LogP contribution is -2.64. The monoisotopic (exact) mass is 422 g/mol. The van der Waals surface area contributed by atoms with Crippen molar-refractivity contribution in [3.63, 3.8) is 0 Å². The van der Waals surface area contributed by atoms with E-state index in [0.717, 1.165) is 0 Å². The summed E-state index contributed by atoms with van der Waals surface area (Å²) >= 11 is 0. The van der Waals surface area contributed by atoms with Crippen LogP contribution in [-0.4, -0.2) is 50.5 Å². The van der Waals surface area contributed by atoms with E-state index in [4.69, 9.17) is 21.2 Å². The van der Waals surface area contributed by atoms with Crippen molar-refractivity contribution in [3.05, 3.63) is 12.2 Å². The van der Waals surface area contributed by atoms with Crippen LogP contribution in [0.2, 0.25) is 0 Å². The fourth-order valence-corrected chi connectivity index (χ4v) is 13.4. The second kappa shape index (κ2) is 8.74. The molecule has 1 aliphatic heterocycles. The molecule has 146 valence electrons. The van der Waals surface area contributed by atoms with Crippen LogP contribution in [0.1, 0.15) is 55.4 Å². The minimum absolute atomic E-state index is 0.0329. The van der Waals surface area contributed by atoms with Gasteiger partial charge in [0.25, 0.3) is 30.0 Å². The number of ether oxygens (including phenoxy) is 1. The number of hydrogen-bond acceptors (Lipinski definition) is 6. The zero-order chi connectivity index (χ0) is 19.5. The highest BCUT2D eigenvalue weighted by Gasteiger charge is 2.57. The third kappa shape index (κ3) is 5.45. The van der Waals surface area contributed by atoms with Crippen LogP contribution in [0.25, 0.3) is 0 Å². The number of rotatable bonds is 5. The Morgan fingerprint density at radius 3 is 1.92 bits per heavy atom. The Labute approximate surface area is 161 Å². The molecule has 0 spiro atoms. The lowest BCUT2D eigenvalue weighted by molar-refractivity contribution is -0.164. The van der Waals surface area contributed by atoms with Gasteiger partial charge in [0.05, 0.1) is 0 Å². The van der Waals surface area contributed by atoms with Crippen molar-refractivity contribution >= 4 is 45.3 Å². The maximum absolute atomic E-state index is 12.4. The topological polar surface area (TPSA) is 63.2 Å². The molecule has 6 nitrogen and oxygen atoms in total. The zero-order valence-electron chi connectivity index (χ0n) is 16.9. The zero-order valence-corrected chi connectivity index (χ0v) is 22.3. The van der Waals surface area contributed by atoms with Gasteiger partial charge in [-0.05, 0) is 25.2 Å². The van der Waals surface area contributed by atoms with E-state index in [9.17, 15) is 4.79 Å². The number of esters is 1. The van der Waals surface area contributed by atoms with Gasteiger partial charge in [0, 0.05) is 11.0 Å². The summed E-state index contributed by atoms with van der Waals surface area (Å²) in [5.74, 6) is -0.161. The standard InChI is InChI=1S/C15H34O6Si4/c1-10(2)12(16)17-15(9,14(7,8)11(3)13(4,5)6)25-20-23-18-22-19-24-21-25/h11,25H,1,22-24H2,2-9H3. The van der Waals surface area contributed by atoms with Gasteiger partial charge in [-0.3, -0.25) is 0 Å². The molecular formula is C15H34O6Si4. The molecule has 25 heavy (non-hydrogen) atoms. The number of carbonyl (C=O) groups is 1. The summed E-state index contributed by atoms with van der Waals surface area (Å²) in [6.45, 7) is 20.4. The largest absolute Gasteiger partial charge is 0.454 e. The first-order chi connectivity index (χ1) is 11.3. The molecular weight excluding hydrogens is 389 g/mol. The highest BCUT2D eigenvalue weighted by molar-refractivity contribution is 6.62. The van der Waals surface area contributed by atoms with E-state index in [2.05, 4.69) is 48.1 Å². The molecule has 1 rings (SSSR count). The average molecular weight is 423 g/mol. The Kier molecular flexibility index (Phi) is 8.02. The Morgan fingerprint density at radius 1 is 1.04 bits per heavy atom. The first kappa shape index (κ1) is 23.0. The predicted octanol–water partition coefficient (Wildman–Crippen LogP) is 0.409. The van der Waals surface area contributed by atoms with Crippen molar-refractivity contribution in [1.82, 2.24) is 0 Å². The van der Waals surface area contributed by atoms with Crippen LogP contribution in [0.3, 0.4) is 0 Å². The van der Waals surface area contributed by atoms with E-state index >= 15 is 0 Å². The highest BCUT2D eigenvalue weighted by atomic mass is 28.4. The SMILES string of the molecule is C=C(C)C(=O)OC(C)([SiH]1O[SiH2]O[SiH2]O[SiH2]O1)C(C)(C)C(C)C(C)(C)C. The molecule has 0 bridgehead atoms. The summed E-state index contributed by atoms with van der Waals surface area (Å²) in [7, 11) is -5.64. The third-order valence-corrected chi connectivity index (χ3v) is 13.5. The summed E-state index contributed by atoms with van der Waals surface area (Å²) in [6, 6.07) is 0. The first-order valence-electron chi connectivity index (χ1n) is 8.61. The van der Waals surface area contributed by atoms with Crippen molar-refractivity contribution in [3.8, 4) is 0 Å². The Hall–Kier alpha value is -0.0825. The Bertz CT molecular complexity index is 485. The molecule has 0 radical (unpaired) electrons. The molecule has 0 N–H and O–H groups in total. The van der Waals surface area contributed by atoms with Crippen LogP contribution in [-0.2, 0) is 26.0 Å². The number of hydrogen-bond donors (Lipinski definition) is 0. The lowest BCUT2D eigenvalue weighted by atomic mass is 9.64. The van der Waals surface area contributed by atoms with Crippen molar-refractivity contribution in [2.75, 3.05) is 0 Å².